The van der Waals surface area contributed by atoms with Crippen LogP contribution < -0.4 is 5.73 Å². The zero-order valence-electron chi connectivity index (χ0n) is 8.46. The van der Waals surface area contributed by atoms with Crippen LogP contribution in [0.4, 0.5) is 0 Å². The van der Waals surface area contributed by atoms with Crippen LogP contribution in [0.5, 0.6) is 0 Å². The third-order valence-corrected chi connectivity index (χ3v) is 1.53. The summed E-state index contributed by atoms with van der Waals surface area (Å²) < 4.78 is 0. The van der Waals surface area contributed by atoms with Crippen molar-refractivity contribution in [1.29, 1.82) is 5.26 Å². The molecule has 0 rings (SSSR count). The molecule has 0 fully saturated rings. The van der Waals surface area contributed by atoms with E-state index < -0.39 is 5.54 Å². The lowest BCUT2D eigenvalue weighted by molar-refractivity contribution is 0.261. The molecule has 0 saturated heterocycles. The summed E-state index contributed by atoms with van der Waals surface area (Å²) in [4.78, 5) is 2.09. The second-order valence-corrected chi connectivity index (χ2v) is 4.12. The molecule has 12 heavy (non-hydrogen) atoms. The van der Waals surface area contributed by atoms with Gasteiger partial charge in [0.1, 0.15) is 5.54 Å². The smallest absolute Gasteiger partial charge is 0.114 e. The molecule has 0 aromatic carbocycles. The van der Waals surface area contributed by atoms with Crippen molar-refractivity contribution >= 4 is 0 Å². The molecule has 0 spiro atoms. The molecule has 0 aromatic rings. The van der Waals surface area contributed by atoms with Crippen LogP contribution in [0.3, 0.4) is 0 Å². The van der Waals surface area contributed by atoms with Crippen LogP contribution >= 0.6 is 0 Å². The Labute approximate surface area is 75.2 Å². The van der Waals surface area contributed by atoms with Crippen molar-refractivity contribution in [1.82, 2.24) is 4.90 Å². The maximum atomic E-state index is 8.68. The van der Waals surface area contributed by atoms with E-state index in [9.17, 15) is 0 Å². The summed E-state index contributed by atoms with van der Waals surface area (Å²) in [5, 5.41) is 8.68. The van der Waals surface area contributed by atoms with Gasteiger partial charge in [-0.25, -0.2) is 0 Å². The van der Waals surface area contributed by atoms with Crippen LogP contribution in [0.15, 0.2) is 0 Å². The molecule has 0 aliphatic heterocycles. The van der Waals surface area contributed by atoms with Gasteiger partial charge >= 0.3 is 0 Å². The molecule has 0 amide bonds. The minimum absolute atomic E-state index is 0.615. The van der Waals surface area contributed by atoms with Crippen molar-refractivity contribution in [2.45, 2.75) is 26.3 Å². The van der Waals surface area contributed by atoms with E-state index in [1.54, 1.807) is 6.92 Å². The zero-order valence-corrected chi connectivity index (χ0v) is 8.46. The average molecular weight is 169 g/mol. The highest BCUT2D eigenvalue weighted by Gasteiger charge is 2.19. The van der Waals surface area contributed by atoms with E-state index in [1.807, 2.05) is 7.05 Å². The van der Waals surface area contributed by atoms with Crippen LogP contribution in [0.1, 0.15) is 20.8 Å². The molecule has 70 valence electrons. The maximum Gasteiger partial charge on any atom is 0.114 e. The molecule has 0 bridgehead atoms. The number of hydrogen-bond donors (Lipinski definition) is 1. The lowest BCUT2D eigenvalue weighted by Crippen LogP contribution is -2.46. The molecule has 2 N–H and O–H groups in total. The first-order valence-electron chi connectivity index (χ1n) is 4.26. The topological polar surface area (TPSA) is 53.0 Å². The fourth-order valence-electron chi connectivity index (χ4n) is 1.28. The summed E-state index contributed by atoms with van der Waals surface area (Å²) in [5.41, 5.74) is 4.97. The van der Waals surface area contributed by atoms with Crippen molar-refractivity contribution in [3.8, 4) is 6.07 Å². The van der Waals surface area contributed by atoms with Crippen molar-refractivity contribution in [3.05, 3.63) is 0 Å². The summed E-state index contributed by atoms with van der Waals surface area (Å²) in [6, 6.07) is 2.08. The molecular formula is C9H19N3. The fraction of sp³-hybridized carbons (Fsp3) is 0.889. The van der Waals surface area contributed by atoms with Gasteiger partial charge in [0.25, 0.3) is 0 Å². The van der Waals surface area contributed by atoms with Gasteiger partial charge < -0.3 is 10.6 Å². The Morgan fingerprint density at radius 3 is 2.42 bits per heavy atom. The second-order valence-electron chi connectivity index (χ2n) is 4.12. The average Bonchev–Trinajstić information content (AvgIpc) is 1.84. The van der Waals surface area contributed by atoms with Gasteiger partial charge in [0.2, 0.25) is 0 Å². The first kappa shape index (κ1) is 11.4. The number of nitriles is 1. The molecule has 3 heteroatoms. The first-order valence-corrected chi connectivity index (χ1v) is 4.26. The van der Waals surface area contributed by atoms with E-state index in [2.05, 4.69) is 24.8 Å². The Morgan fingerprint density at radius 2 is 2.08 bits per heavy atom. The number of hydrogen-bond acceptors (Lipinski definition) is 3. The molecule has 0 aliphatic rings. The van der Waals surface area contributed by atoms with E-state index in [0.29, 0.717) is 12.5 Å². The Hall–Kier alpha value is -0.590. The van der Waals surface area contributed by atoms with Gasteiger partial charge in [0.05, 0.1) is 6.07 Å². The maximum absolute atomic E-state index is 8.68. The molecule has 1 atom stereocenters. The van der Waals surface area contributed by atoms with E-state index in [0.717, 1.165) is 6.54 Å². The fourth-order valence-corrected chi connectivity index (χ4v) is 1.28. The number of nitrogens with zero attached hydrogens (tertiary/aromatic N) is 2. The lowest BCUT2D eigenvalue weighted by Gasteiger charge is -2.25. The quantitative estimate of drug-likeness (QED) is 0.677. The Bertz CT molecular complexity index is 167. The van der Waals surface area contributed by atoms with Crippen LogP contribution in [0, 0.1) is 17.2 Å². The van der Waals surface area contributed by atoms with Gasteiger partial charge in [-0.15, -0.1) is 0 Å². The summed E-state index contributed by atoms with van der Waals surface area (Å²) in [6.45, 7) is 7.66. The van der Waals surface area contributed by atoms with Crippen LogP contribution in [0.2, 0.25) is 0 Å². The lowest BCUT2D eigenvalue weighted by atomic mass is 10.1. The molecule has 0 aromatic heterocycles. The minimum Gasteiger partial charge on any atom is -0.313 e. The molecule has 0 saturated carbocycles. The second kappa shape index (κ2) is 4.44. The molecule has 0 heterocycles. The molecule has 0 radical (unpaired) electrons. The van der Waals surface area contributed by atoms with E-state index in [1.165, 1.54) is 0 Å². The third kappa shape index (κ3) is 5.11. The van der Waals surface area contributed by atoms with Crippen LogP contribution in [-0.4, -0.2) is 30.6 Å². The highest BCUT2D eigenvalue weighted by Crippen LogP contribution is 2.02. The third-order valence-electron chi connectivity index (χ3n) is 1.53. The zero-order chi connectivity index (χ0) is 9.78. The van der Waals surface area contributed by atoms with E-state index >= 15 is 0 Å². The van der Waals surface area contributed by atoms with Crippen molar-refractivity contribution < 1.29 is 0 Å². The number of rotatable bonds is 4. The molecule has 0 aliphatic carbocycles. The predicted octanol–water partition coefficient (Wildman–Crippen LogP) is 0.815. The van der Waals surface area contributed by atoms with E-state index in [-0.39, 0.29) is 0 Å². The van der Waals surface area contributed by atoms with Gasteiger partial charge in [0, 0.05) is 13.1 Å². The minimum atomic E-state index is -0.719. The highest BCUT2D eigenvalue weighted by molar-refractivity contribution is 5.02. The normalized spacial score (nSPS) is 16.2. The predicted molar refractivity (Wildman–Crippen MR) is 50.5 cm³/mol. The van der Waals surface area contributed by atoms with Gasteiger partial charge in [-0.2, -0.15) is 5.26 Å². The van der Waals surface area contributed by atoms with Crippen LogP contribution in [-0.2, 0) is 0 Å². The Morgan fingerprint density at radius 1 is 1.58 bits per heavy atom. The van der Waals surface area contributed by atoms with E-state index in [4.69, 9.17) is 11.0 Å². The first-order chi connectivity index (χ1) is 5.37. The van der Waals surface area contributed by atoms with Crippen molar-refractivity contribution in [2.24, 2.45) is 11.7 Å². The standard InChI is InChI=1S/C9H19N3/c1-8(2)5-12(4)7-9(3,11)6-10/h8H,5,7,11H2,1-4H3. The summed E-state index contributed by atoms with van der Waals surface area (Å²) in [5.74, 6) is 0.615. The van der Waals surface area contributed by atoms with Gasteiger partial charge in [0.15, 0.2) is 0 Å². The number of nitrogens with two attached hydrogens (primary N) is 1. The van der Waals surface area contributed by atoms with Crippen LogP contribution in [0.25, 0.3) is 0 Å². The van der Waals surface area contributed by atoms with Gasteiger partial charge in [-0.3, -0.25) is 0 Å². The largest absolute Gasteiger partial charge is 0.313 e. The van der Waals surface area contributed by atoms with Crippen molar-refractivity contribution in [2.75, 3.05) is 20.1 Å². The summed E-state index contributed by atoms with van der Waals surface area (Å²) >= 11 is 0. The molecule has 1 unspecified atom stereocenters. The van der Waals surface area contributed by atoms with Gasteiger partial charge in [-0.05, 0) is 19.9 Å². The Balaban J connectivity index is 3.86. The highest BCUT2D eigenvalue weighted by atomic mass is 15.1. The van der Waals surface area contributed by atoms with Gasteiger partial charge in [-0.1, -0.05) is 13.8 Å². The number of likely N-dealkylation sites (N-methyl/N-ethyl adjacent to an activating group) is 1. The summed E-state index contributed by atoms with van der Waals surface area (Å²) in [6.07, 6.45) is 0. The molecule has 3 nitrogen and oxygen atoms in total. The SMILES string of the molecule is CC(C)CN(C)CC(C)(N)C#N. The molecular weight excluding hydrogens is 150 g/mol. The monoisotopic (exact) mass is 169 g/mol. The van der Waals surface area contributed by atoms with Crippen molar-refractivity contribution in [3.63, 3.8) is 0 Å². The Kier molecular flexibility index (Phi) is 4.22. The summed E-state index contributed by atoms with van der Waals surface area (Å²) in [7, 11) is 1.99.